The molecule has 1 atom stereocenters. The van der Waals surface area contributed by atoms with Gasteiger partial charge in [-0.3, -0.25) is 0 Å². The SMILES string of the molecule is CC(c1ccc(Cl)cc1)N(C)c1cc(Cl)ccc1CN. The van der Waals surface area contributed by atoms with Crippen LogP contribution in [0.25, 0.3) is 0 Å². The molecule has 20 heavy (non-hydrogen) atoms. The zero-order valence-electron chi connectivity index (χ0n) is 11.6. The number of hydrogen-bond donors (Lipinski definition) is 1. The number of nitrogens with zero attached hydrogens (tertiary/aromatic N) is 1. The number of halogens is 2. The molecule has 2 N–H and O–H groups in total. The summed E-state index contributed by atoms with van der Waals surface area (Å²) in [4.78, 5) is 2.18. The van der Waals surface area contributed by atoms with E-state index < -0.39 is 0 Å². The molecule has 0 amide bonds. The van der Waals surface area contributed by atoms with Crippen LogP contribution < -0.4 is 10.6 Å². The lowest BCUT2D eigenvalue weighted by Gasteiger charge is -2.29. The summed E-state index contributed by atoms with van der Waals surface area (Å²) < 4.78 is 0. The smallest absolute Gasteiger partial charge is 0.0511 e. The Balaban J connectivity index is 2.32. The molecule has 0 aliphatic heterocycles. The summed E-state index contributed by atoms with van der Waals surface area (Å²) in [5, 5.41) is 1.46. The molecule has 0 heterocycles. The van der Waals surface area contributed by atoms with E-state index in [0.29, 0.717) is 11.6 Å². The fraction of sp³-hybridized carbons (Fsp3) is 0.250. The van der Waals surface area contributed by atoms with Gasteiger partial charge in [0.25, 0.3) is 0 Å². The number of benzene rings is 2. The fourth-order valence-corrected chi connectivity index (χ4v) is 2.50. The van der Waals surface area contributed by atoms with E-state index in [2.05, 4.69) is 11.8 Å². The standard InChI is InChI=1S/C16H18Cl2N2/c1-11(12-3-6-14(17)7-4-12)20(2)16-9-15(18)8-5-13(16)10-19/h3-9,11H,10,19H2,1-2H3. The summed E-state index contributed by atoms with van der Waals surface area (Å²) >= 11 is 12.0. The predicted molar refractivity (Wildman–Crippen MR) is 87.6 cm³/mol. The van der Waals surface area contributed by atoms with Gasteiger partial charge in [0, 0.05) is 29.3 Å². The molecular formula is C16H18Cl2N2. The lowest BCUT2D eigenvalue weighted by molar-refractivity contribution is 0.735. The van der Waals surface area contributed by atoms with Gasteiger partial charge in [-0.1, -0.05) is 41.4 Å². The van der Waals surface area contributed by atoms with Crippen LogP contribution in [0.4, 0.5) is 5.69 Å². The Morgan fingerprint density at radius 1 is 1.05 bits per heavy atom. The molecule has 2 aromatic carbocycles. The topological polar surface area (TPSA) is 29.3 Å². The van der Waals surface area contributed by atoms with Gasteiger partial charge in [0.05, 0.1) is 6.04 Å². The van der Waals surface area contributed by atoms with Crippen molar-refractivity contribution >= 4 is 28.9 Å². The Hall–Kier alpha value is -1.22. The van der Waals surface area contributed by atoms with E-state index in [-0.39, 0.29) is 6.04 Å². The highest BCUT2D eigenvalue weighted by atomic mass is 35.5. The molecule has 0 aliphatic carbocycles. The highest BCUT2D eigenvalue weighted by Gasteiger charge is 2.15. The molecule has 0 spiro atoms. The van der Waals surface area contributed by atoms with E-state index in [1.54, 1.807) is 0 Å². The van der Waals surface area contributed by atoms with E-state index in [1.807, 2.05) is 49.5 Å². The van der Waals surface area contributed by atoms with Crippen molar-refractivity contribution in [2.24, 2.45) is 5.73 Å². The molecule has 0 saturated carbocycles. The molecule has 2 rings (SSSR count). The molecule has 0 bridgehead atoms. The van der Waals surface area contributed by atoms with Crippen LogP contribution in [0.3, 0.4) is 0 Å². The zero-order chi connectivity index (χ0) is 14.7. The van der Waals surface area contributed by atoms with Crippen LogP contribution in [0.2, 0.25) is 10.0 Å². The van der Waals surface area contributed by atoms with Crippen LogP contribution >= 0.6 is 23.2 Å². The van der Waals surface area contributed by atoms with Gasteiger partial charge in [-0.2, -0.15) is 0 Å². The van der Waals surface area contributed by atoms with Gasteiger partial charge in [0.15, 0.2) is 0 Å². The minimum atomic E-state index is 0.205. The maximum atomic E-state index is 6.10. The maximum Gasteiger partial charge on any atom is 0.0511 e. The van der Waals surface area contributed by atoms with Gasteiger partial charge in [-0.25, -0.2) is 0 Å². The molecule has 4 heteroatoms. The lowest BCUT2D eigenvalue weighted by atomic mass is 10.1. The van der Waals surface area contributed by atoms with Crippen LogP contribution in [-0.4, -0.2) is 7.05 Å². The third-order valence-electron chi connectivity index (χ3n) is 3.58. The predicted octanol–water partition coefficient (Wildman–Crippen LogP) is 4.65. The van der Waals surface area contributed by atoms with Gasteiger partial charge in [0.1, 0.15) is 0 Å². The number of anilines is 1. The lowest BCUT2D eigenvalue weighted by Crippen LogP contribution is -2.23. The van der Waals surface area contributed by atoms with Crippen molar-refractivity contribution in [1.82, 2.24) is 0 Å². The molecule has 0 radical (unpaired) electrons. The first-order valence-corrected chi connectivity index (χ1v) is 7.25. The first-order valence-electron chi connectivity index (χ1n) is 6.49. The van der Waals surface area contributed by atoms with Crippen molar-refractivity contribution in [3.8, 4) is 0 Å². The number of rotatable bonds is 4. The average molecular weight is 309 g/mol. The van der Waals surface area contributed by atoms with Gasteiger partial charge in [0.2, 0.25) is 0 Å². The van der Waals surface area contributed by atoms with E-state index in [1.165, 1.54) is 5.56 Å². The zero-order valence-corrected chi connectivity index (χ0v) is 13.1. The van der Waals surface area contributed by atoms with Crippen molar-refractivity contribution in [3.05, 3.63) is 63.6 Å². The third-order valence-corrected chi connectivity index (χ3v) is 4.07. The van der Waals surface area contributed by atoms with Crippen LogP contribution in [0, 0.1) is 0 Å². The monoisotopic (exact) mass is 308 g/mol. The molecule has 1 unspecified atom stereocenters. The van der Waals surface area contributed by atoms with Crippen molar-refractivity contribution < 1.29 is 0 Å². The van der Waals surface area contributed by atoms with E-state index >= 15 is 0 Å². The molecule has 0 fully saturated rings. The maximum absolute atomic E-state index is 6.10. The Labute approximate surface area is 130 Å². The minimum Gasteiger partial charge on any atom is -0.368 e. The minimum absolute atomic E-state index is 0.205. The van der Waals surface area contributed by atoms with Crippen LogP contribution in [-0.2, 0) is 6.54 Å². The van der Waals surface area contributed by atoms with Gasteiger partial charge < -0.3 is 10.6 Å². The van der Waals surface area contributed by atoms with E-state index in [9.17, 15) is 0 Å². The molecule has 2 nitrogen and oxygen atoms in total. The van der Waals surface area contributed by atoms with Gasteiger partial charge >= 0.3 is 0 Å². The summed E-state index contributed by atoms with van der Waals surface area (Å²) in [6, 6.07) is 13.9. The highest BCUT2D eigenvalue weighted by Crippen LogP contribution is 2.30. The summed E-state index contributed by atoms with van der Waals surface area (Å²) in [6.07, 6.45) is 0. The largest absolute Gasteiger partial charge is 0.368 e. The Kier molecular flexibility index (Phi) is 4.92. The Morgan fingerprint density at radius 3 is 2.25 bits per heavy atom. The Bertz CT molecular complexity index is 582. The van der Waals surface area contributed by atoms with Crippen LogP contribution in [0.15, 0.2) is 42.5 Å². The van der Waals surface area contributed by atoms with Crippen molar-refractivity contribution in [1.29, 1.82) is 0 Å². The number of nitrogens with two attached hydrogens (primary N) is 1. The average Bonchev–Trinajstić information content (AvgIpc) is 2.46. The van der Waals surface area contributed by atoms with Crippen molar-refractivity contribution in [2.45, 2.75) is 19.5 Å². The van der Waals surface area contributed by atoms with Gasteiger partial charge in [-0.05, 0) is 42.3 Å². The summed E-state index contributed by atoms with van der Waals surface area (Å²) in [7, 11) is 2.05. The molecule has 0 aromatic heterocycles. The summed E-state index contributed by atoms with van der Waals surface area (Å²) in [6.45, 7) is 2.63. The van der Waals surface area contributed by atoms with Crippen LogP contribution in [0.5, 0.6) is 0 Å². The fourth-order valence-electron chi connectivity index (χ4n) is 2.21. The second kappa shape index (κ2) is 6.49. The third kappa shape index (κ3) is 3.26. The summed E-state index contributed by atoms with van der Waals surface area (Å²) in [5.41, 5.74) is 9.14. The number of hydrogen-bond acceptors (Lipinski definition) is 2. The second-order valence-corrected chi connectivity index (χ2v) is 5.69. The van der Waals surface area contributed by atoms with Crippen molar-refractivity contribution in [3.63, 3.8) is 0 Å². The first kappa shape index (κ1) is 15.2. The molecule has 2 aromatic rings. The highest BCUT2D eigenvalue weighted by molar-refractivity contribution is 6.31. The molecule has 0 saturated heterocycles. The molecular weight excluding hydrogens is 291 g/mol. The molecule has 0 aliphatic rings. The van der Waals surface area contributed by atoms with Crippen molar-refractivity contribution in [2.75, 3.05) is 11.9 Å². The summed E-state index contributed by atoms with van der Waals surface area (Å²) in [5.74, 6) is 0. The van der Waals surface area contributed by atoms with Gasteiger partial charge in [-0.15, -0.1) is 0 Å². The van der Waals surface area contributed by atoms with E-state index in [0.717, 1.165) is 16.3 Å². The van der Waals surface area contributed by atoms with E-state index in [4.69, 9.17) is 28.9 Å². The second-order valence-electron chi connectivity index (χ2n) is 4.82. The Morgan fingerprint density at radius 2 is 1.65 bits per heavy atom. The normalized spacial score (nSPS) is 12.2. The quantitative estimate of drug-likeness (QED) is 0.891. The molecule has 106 valence electrons. The first-order chi connectivity index (χ1) is 9.52. The van der Waals surface area contributed by atoms with Crippen LogP contribution in [0.1, 0.15) is 24.1 Å².